The summed E-state index contributed by atoms with van der Waals surface area (Å²) in [5, 5.41) is 8.78. The van der Waals surface area contributed by atoms with Crippen molar-refractivity contribution in [3.05, 3.63) is 35.4 Å². The Hall–Kier alpha value is -1.88. The number of hydrogen-bond acceptors (Lipinski definition) is 3. The molecule has 1 aromatic rings. The summed E-state index contributed by atoms with van der Waals surface area (Å²) >= 11 is 0. The van der Waals surface area contributed by atoms with Crippen LogP contribution < -0.4 is 0 Å². The molecule has 20 heavy (non-hydrogen) atoms. The SMILES string of the molecule is CCc1ccc(C(=O)N2CCOC(CC(=O)O)C2)cc1. The molecule has 1 N–H and O–H groups in total. The highest BCUT2D eigenvalue weighted by atomic mass is 16.5. The van der Waals surface area contributed by atoms with Crippen molar-refractivity contribution in [2.45, 2.75) is 25.9 Å². The maximum absolute atomic E-state index is 12.4. The van der Waals surface area contributed by atoms with Crippen molar-refractivity contribution in [2.24, 2.45) is 0 Å². The highest BCUT2D eigenvalue weighted by Crippen LogP contribution is 2.13. The lowest BCUT2D eigenvalue weighted by Gasteiger charge is -2.32. The Morgan fingerprint density at radius 3 is 2.65 bits per heavy atom. The van der Waals surface area contributed by atoms with Crippen LogP contribution in [0.5, 0.6) is 0 Å². The molecule has 0 saturated carbocycles. The molecule has 1 saturated heterocycles. The summed E-state index contributed by atoms with van der Waals surface area (Å²) in [6, 6.07) is 7.54. The van der Waals surface area contributed by atoms with E-state index < -0.39 is 12.1 Å². The van der Waals surface area contributed by atoms with Gasteiger partial charge in [0.1, 0.15) is 0 Å². The number of carboxylic acid groups (broad SMARTS) is 1. The third kappa shape index (κ3) is 3.57. The Labute approximate surface area is 118 Å². The number of hydrogen-bond donors (Lipinski definition) is 1. The molecular formula is C15H19NO4. The topological polar surface area (TPSA) is 66.8 Å². The Morgan fingerprint density at radius 2 is 2.05 bits per heavy atom. The number of nitrogens with zero attached hydrogens (tertiary/aromatic N) is 1. The van der Waals surface area contributed by atoms with E-state index in [1.807, 2.05) is 24.3 Å². The first-order valence-corrected chi connectivity index (χ1v) is 6.81. The molecule has 1 fully saturated rings. The van der Waals surface area contributed by atoms with Gasteiger partial charge < -0.3 is 14.7 Å². The molecule has 0 bridgehead atoms. The van der Waals surface area contributed by atoms with E-state index in [0.29, 0.717) is 25.3 Å². The average molecular weight is 277 g/mol. The Balaban J connectivity index is 2.02. The lowest BCUT2D eigenvalue weighted by Crippen LogP contribution is -2.46. The second-order valence-corrected chi connectivity index (χ2v) is 4.89. The van der Waals surface area contributed by atoms with E-state index in [-0.39, 0.29) is 12.3 Å². The van der Waals surface area contributed by atoms with E-state index in [4.69, 9.17) is 9.84 Å². The van der Waals surface area contributed by atoms with Gasteiger partial charge >= 0.3 is 5.97 Å². The van der Waals surface area contributed by atoms with Gasteiger partial charge in [-0.25, -0.2) is 0 Å². The Kier molecular flexibility index (Phi) is 4.74. The predicted molar refractivity (Wildman–Crippen MR) is 73.7 cm³/mol. The van der Waals surface area contributed by atoms with Crippen molar-refractivity contribution in [1.82, 2.24) is 4.90 Å². The summed E-state index contributed by atoms with van der Waals surface area (Å²) in [7, 11) is 0. The minimum atomic E-state index is -0.906. The molecule has 5 heteroatoms. The third-order valence-electron chi connectivity index (χ3n) is 3.44. The van der Waals surface area contributed by atoms with Crippen molar-refractivity contribution in [2.75, 3.05) is 19.7 Å². The number of carboxylic acids is 1. The molecule has 1 unspecified atom stereocenters. The molecule has 1 aliphatic heterocycles. The van der Waals surface area contributed by atoms with Gasteiger partial charge in [0.2, 0.25) is 0 Å². The third-order valence-corrected chi connectivity index (χ3v) is 3.44. The van der Waals surface area contributed by atoms with Crippen LogP contribution in [0.25, 0.3) is 0 Å². The van der Waals surface area contributed by atoms with Crippen LogP contribution in [0.3, 0.4) is 0 Å². The quantitative estimate of drug-likeness (QED) is 0.907. The molecule has 1 heterocycles. The van der Waals surface area contributed by atoms with Crippen LogP contribution in [-0.2, 0) is 16.0 Å². The number of ether oxygens (including phenoxy) is 1. The van der Waals surface area contributed by atoms with E-state index in [9.17, 15) is 9.59 Å². The molecule has 0 aromatic heterocycles. The Bertz CT molecular complexity index is 483. The fraction of sp³-hybridized carbons (Fsp3) is 0.467. The molecule has 0 spiro atoms. The van der Waals surface area contributed by atoms with Gasteiger partial charge in [-0.2, -0.15) is 0 Å². The normalized spacial score (nSPS) is 18.9. The zero-order valence-electron chi connectivity index (χ0n) is 11.5. The number of aliphatic carboxylic acids is 1. The number of morpholine rings is 1. The summed E-state index contributed by atoms with van der Waals surface area (Å²) < 4.78 is 5.37. The molecule has 1 aromatic carbocycles. The second-order valence-electron chi connectivity index (χ2n) is 4.89. The lowest BCUT2D eigenvalue weighted by molar-refractivity contribution is -0.141. The van der Waals surface area contributed by atoms with Crippen LogP contribution in [0, 0.1) is 0 Å². The summed E-state index contributed by atoms with van der Waals surface area (Å²) in [5.74, 6) is -0.970. The average Bonchev–Trinajstić information content (AvgIpc) is 2.46. The second kappa shape index (κ2) is 6.52. The van der Waals surface area contributed by atoms with Gasteiger partial charge in [-0.3, -0.25) is 9.59 Å². The van der Waals surface area contributed by atoms with E-state index in [1.54, 1.807) is 4.90 Å². The van der Waals surface area contributed by atoms with Crippen LogP contribution >= 0.6 is 0 Å². The van der Waals surface area contributed by atoms with Gasteiger partial charge in [0, 0.05) is 18.7 Å². The summed E-state index contributed by atoms with van der Waals surface area (Å²) in [6.45, 7) is 3.29. The fourth-order valence-corrected chi connectivity index (χ4v) is 2.29. The minimum Gasteiger partial charge on any atom is -0.481 e. The van der Waals surface area contributed by atoms with Gasteiger partial charge in [-0.1, -0.05) is 19.1 Å². The minimum absolute atomic E-state index is 0.0636. The zero-order chi connectivity index (χ0) is 14.5. The zero-order valence-corrected chi connectivity index (χ0v) is 11.5. The van der Waals surface area contributed by atoms with Crippen molar-refractivity contribution in [3.8, 4) is 0 Å². The van der Waals surface area contributed by atoms with E-state index in [0.717, 1.165) is 6.42 Å². The first-order chi connectivity index (χ1) is 9.60. The van der Waals surface area contributed by atoms with Gasteiger partial charge in [0.15, 0.2) is 0 Å². The number of carbonyl (C=O) groups is 2. The largest absolute Gasteiger partial charge is 0.481 e. The van der Waals surface area contributed by atoms with Crippen molar-refractivity contribution in [3.63, 3.8) is 0 Å². The summed E-state index contributed by atoms with van der Waals surface area (Å²) in [6.07, 6.45) is 0.450. The van der Waals surface area contributed by atoms with Crippen LogP contribution in [0.4, 0.5) is 0 Å². The maximum Gasteiger partial charge on any atom is 0.306 e. The van der Waals surface area contributed by atoms with Crippen LogP contribution in [0.15, 0.2) is 24.3 Å². The van der Waals surface area contributed by atoms with Crippen LogP contribution in [0.2, 0.25) is 0 Å². The summed E-state index contributed by atoms with van der Waals surface area (Å²) in [4.78, 5) is 24.7. The molecule has 1 aliphatic rings. The van der Waals surface area contributed by atoms with Gasteiger partial charge in [-0.05, 0) is 24.1 Å². The van der Waals surface area contributed by atoms with E-state index in [2.05, 4.69) is 6.92 Å². The monoisotopic (exact) mass is 277 g/mol. The smallest absolute Gasteiger partial charge is 0.306 e. The number of carbonyl (C=O) groups excluding carboxylic acids is 1. The molecule has 1 atom stereocenters. The maximum atomic E-state index is 12.4. The van der Waals surface area contributed by atoms with Gasteiger partial charge in [0.05, 0.1) is 19.1 Å². The standard InChI is InChI=1S/C15H19NO4/c1-2-11-3-5-12(6-4-11)15(19)16-7-8-20-13(10-16)9-14(17)18/h3-6,13H,2,7-10H2,1H3,(H,17,18). The first kappa shape index (κ1) is 14.5. The molecule has 5 nitrogen and oxygen atoms in total. The number of aryl methyl sites for hydroxylation is 1. The fourth-order valence-electron chi connectivity index (χ4n) is 2.29. The summed E-state index contributed by atoms with van der Waals surface area (Å²) in [5.41, 5.74) is 1.82. The lowest BCUT2D eigenvalue weighted by atomic mass is 10.1. The first-order valence-electron chi connectivity index (χ1n) is 6.81. The molecule has 0 radical (unpaired) electrons. The molecular weight excluding hydrogens is 258 g/mol. The number of benzene rings is 1. The van der Waals surface area contributed by atoms with Crippen molar-refractivity contribution >= 4 is 11.9 Å². The molecule has 1 amide bonds. The van der Waals surface area contributed by atoms with Crippen LogP contribution in [0.1, 0.15) is 29.3 Å². The van der Waals surface area contributed by atoms with Crippen molar-refractivity contribution < 1.29 is 19.4 Å². The molecule has 2 rings (SSSR count). The van der Waals surface area contributed by atoms with Crippen LogP contribution in [-0.4, -0.2) is 47.7 Å². The van der Waals surface area contributed by atoms with E-state index in [1.165, 1.54) is 5.56 Å². The van der Waals surface area contributed by atoms with Gasteiger partial charge in [0.25, 0.3) is 5.91 Å². The molecule has 108 valence electrons. The number of amides is 1. The number of rotatable bonds is 4. The molecule has 0 aliphatic carbocycles. The van der Waals surface area contributed by atoms with E-state index >= 15 is 0 Å². The highest BCUT2D eigenvalue weighted by Gasteiger charge is 2.26. The van der Waals surface area contributed by atoms with Gasteiger partial charge in [-0.15, -0.1) is 0 Å². The predicted octanol–water partition coefficient (Wildman–Crippen LogP) is 1.56. The Morgan fingerprint density at radius 1 is 1.35 bits per heavy atom. The van der Waals surface area contributed by atoms with Crippen molar-refractivity contribution in [1.29, 1.82) is 0 Å². The highest BCUT2D eigenvalue weighted by molar-refractivity contribution is 5.94.